The fourth-order valence-electron chi connectivity index (χ4n) is 2.02. The summed E-state index contributed by atoms with van der Waals surface area (Å²) in [6.45, 7) is 5.63. The number of phenols is 1. The molecule has 2 rings (SSSR count). The molecule has 2 amide bonds. The van der Waals surface area contributed by atoms with Crippen molar-refractivity contribution in [1.29, 1.82) is 0 Å². The van der Waals surface area contributed by atoms with E-state index in [1.165, 1.54) is 6.07 Å². The van der Waals surface area contributed by atoms with Crippen LogP contribution in [-0.2, 0) is 16.0 Å². The zero-order valence-electron chi connectivity index (χ0n) is 12.9. The standard InChI is InChI=1S/C15H20N2O5/c1-15(2,3)22-14(20)16-7-6-9-4-5-10(18)12-13(9)21-8-11(19)17-12/h4-5,18H,6-8H2,1-3H3,(H,16,20)(H,17,19). The van der Waals surface area contributed by atoms with Gasteiger partial charge in [-0.1, -0.05) is 6.07 Å². The molecule has 7 heteroatoms. The molecule has 0 unspecified atom stereocenters. The van der Waals surface area contributed by atoms with E-state index >= 15 is 0 Å². The van der Waals surface area contributed by atoms with Gasteiger partial charge in [-0.05, 0) is 38.8 Å². The lowest BCUT2D eigenvalue weighted by molar-refractivity contribution is -0.118. The number of hydrogen-bond donors (Lipinski definition) is 3. The van der Waals surface area contributed by atoms with Crippen molar-refractivity contribution in [3.8, 4) is 11.5 Å². The third-order valence-electron chi connectivity index (χ3n) is 2.89. The van der Waals surface area contributed by atoms with Crippen LogP contribution in [0, 0.1) is 0 Å². The van der Waals surface area contributed by atoms with E-state index in [1.807, 2.05) is 0 Å². The van der Waals surface area contributed by atoms with E-state index in [-0.39, 0.29) is 24.0 Å². The number of benzene rings is 1. The largest absolute Gasteiger partial charge is 0.506 e. The number of aromatic hydroxyl groups is 1. The van der Waals surface area contributed by atoms with Gasteiger partial charge in [0.15, 0.2) is 12.4 Å². The van der Waals surface area contributed by atoms with Crippen LogP contribution in [0.15, 0.2) is 12.1 Å². The summed E-state index contributed by atoms with van der Waals surface area (Å²) < 4.78 is 10.5. The first-order chi connectivity index (χ1) is 10.3. The van der Waals surface area contributed by atoms with Crippen molar-refractivity contribution in [3.05, 3.63) is 17.7 Å². The maximum absolute atomic E-state index is 11.6. The zero-order chi connectivity index (χ0) is 16.3. The Labute approximate surface area is 128 Å². The molecule has 120 valence electrons. The first kappa shape index (κ1) is 15.9. The topological polar surface area (TPSA) is 96.9 Å². The van der Waals surface area contributed by atoms with Crippen LogP contribution < -0.4 is 15.4 Å². The maximum Gasteiger partial charge on any atom is 0.407 e. The highest BCUT2D eigenvalue weighted by atomic mass is 16.6. The molecule has 7 nitrogen and oxygen atoms in total. The van der Waals surface area contributed by atoms with E-state index < -0.39 is 11.7 Å². The Hall–Kier alpha value is -2.44. The van der Waals surface area contributed by atoms with Crippen LogP contribution in [0.2, 0.25) is 0 Å². The number of carbonyl (C=O) groups excluding carboxylic acids is 2. The number of ether oxygens (including phenoxy) is 2. The molecule has 1 aliphatic heterocycles. The molecule has 0 saturated heterocycles. The predicted octanol–water partition coefficient (Wildman–Crippen LogP) is 1.79. The lowest BCUT2D eigenvalue weighted by Crippen LogP contribution is -2.33. The van der Waals surface area contributed by atoms with Crippen molar-refractivity contribution >= 4 is 17.7 Å². The van der Waals surface area contributed by atoms with E-state index in [9.17, 15) is 14.7 Å². The van der Waals surface area contributed by atoms with Gasteiger partial charge in [-0.15, -0.1) is 0 Å². The average molecular weight is 308 g/mol. The molecule has 1 aromatic rings. The SMILES string of the molecule is CC(C)(C)OC(=O)NCCc1ccc(O)c2c1OCC(=O)N2. The summed E-state index contributed by atoms with van der Waals surface area (Å²) in [7, 11) is 0. The summed E-state index contributed by atoms with van der Waals surface area (Å²) in [6, 6.07) is 3.18. The summed E-state index contributed by atoms with van der Waals surface area (Å²) in [6.07, 6.45) is -0.00747. The number of alkyl carbamates (subject to hydrolysis) is 1. The summed E-state index contributed by atoms with van der Waals surface area (Å²) in [5, 5.41) is 15.0. The highest BCUT2D eigenvalue weighted by Gasteiger charge is 2.22. The number of phenolic OH excluding ortho intramolecular Hbond substituents is 1. The average Bonchev–Trinajstić information content (AvgIpc) is 2.39. The van der Waals surface area contributed by atoms with Gasteiger partial charge >= 0.3 is 6.09 Å². The molecule has 1 aliphatic rings. The summed E-state index contributed by atoms with van der Waals surface area (Å²) in [5.74, 6) is 0.0734. The van der Waals surface area contributed by atoms with Crippen LogP contribution >= 0.6 is 0 Å². The quantitative estimate of drug-likeness (QED) is 0.740. The van der Waals surface area contributed by atoms with Gasteiger partial charge in [0.25, 0.3) is 5.91 Å². The van der Waals surface area contributed by atoms with E-state index in [2.05, 4.69) is 10.6 Å². The number of nitrogens with one attached hydrogen (secondary N) is 2. The Kier molecular flexibility index (Phi) is 4.44. The van der Waals surface area contributed by atoms with Gasteiger partial charge in [-0.2, -0.15) is 0 Å². The molecule has 0 aromatic heterocycles. The molecule has 1 aromatic carbocycles. The van der Waals surface area contributed by atoms with Gasteiger partial charge in [0.05, 0.1) is 0 Å². The maximum atomic E-state index is 11.6. The molecule has 1 heterocycles. The van der Waals surface area contributed by atoms with E-state index in [1.54, 1.807) is 26.8 Å². The number of carbonyl (C=O) groups is 2. The molecule has 0 aliphatic carbocycles. The number of fused-ring (bicyclic) bond motifs is 1. The second-order valence-electron chi connectivity index (χ2n) is 5.96. The van der Waals surface area contributed by atoms with Gasteiger partial charge in [-0.25, -0.2) is 4.79 Å². The molecule has 0 saturated carbocycles. The highest BCUT2D eigenvalue weighted by molar-refractivity contribution is 5.97. The Balaban J connectivity index is 1.98. The molecule has 0 spiro atoms. The van der Waals surface area contributed by atoms with Crippen LogP contribution in [0.5, 0.6) is 11.5 Å². The van der Waals surface area contributed by atoms with Gasteiger partial charge < -0.3 is 25.2 Å². The third kappa shape index (κ3) is 4.03. The van der Waals surface area contributed by atoms with E-state index in [0.717, 1.165) is 5.56 Å². The number of rotatable bonds is 3. The Morgan fingerprint density at radius 2 is 2.18 bits per heavy atom. The van der Waals surface area contributed by atoms with Crippen molar-refractivity contribution < 1.29 is 24.2 Å². The summed E-state index contributed by atoms with van der Waals surface area (Å²) in [4.78, 5) is 22.9. The Morgan fingerprint density at radius 1 is 1.45 bits per heavy atom. The van der Waals surface area contributed by atoms with Gasteiger partial charge in [0.1, 0.15) is 17.0 Å². The molecule has 22 heavy (non-hydrogen) atoms. The lowest BCUT2D eigenvalue weighted by Gasteiger charge is -2.22. The van der Waals surface area contributed by atoms with Crippen LogP contribution in [0.1, 0.15) is 26.3 Å². The lowest BCUT2D eigenvalue weighted by atomic mass is 10.1. The van der Waals surface area contributed by atoms with Gasteiger partial charge in [0.2, 0.25) is 0 Å². The van der Waals surface area contributed by atoms with Crippen LogP contribution in [-0.4, -0.2) is 35.9 Å². The monoisotopic (exact) mass is 308 g/mol. The van der Waals surface area contributed by atoms with Crippen molar-refractivity contribution in [2.45, 2.75) is 32.8 Å². The molecular weight excluding hydrogens is 288 g/mol. The third-order valence-corrected chi connectivity index (χ3v) is 2.89. The van der Waals surface area contributed by atoms with E-state index in [0.29, 0.717) is 18.7 Å². The Bertz CT molecular complexity index is 592. The molecule has 0 radical (unpaired) electrons. The highest BCUT2D eigenvalue weighted by Crippen LogP contribution is 2.39. The molecule has 0 atom stereocenters. The predicted molar refractivity (Wildman–Crippen MR) is 80.2 cm³/mol. The minimum absolute atomic E-state index is 0.0492. The van der Waals surface area contributed by atoms with Crippen molar-refractivity contribution in [2.75, 3.05) is 18.5 Å². The van der Waals surface area contributed by atoms with Crippen molar-refractivity contribution in [1.82, 2.24) is 5.32 Å². The fraction of sp³-hybridized carbons (Fsp3) is 0.467. The summed E-state index contributed by atoms with van der Waals surface area (Å²) >= 11 is 0. The minimum atomic E-state index is -0.546. The second-order valence-corrected chi connectivity index (χ2v) is 5.96. The van der Waals surface area contributed by atoms with E-state index in [4.69, 9.17) is 9.47 Å². The van der Waals surface area contributed by atoms with Crippen LogP contribution in [0.4, 0.5) is 10.5 Å². The summed E-state index contributed by atoms with van der Waals surface area (Å²) in [5.41, 5.74) is 0.504. The molecule has 0 fully saturated rings. The van der Waals surface area contributed by atoms with Gasteiger partial charge in [-0.3, -0.25) is 4.79 Å². The second kappa shape index (κ2) is 6.13. The number of anilines is 1. The van der Waals surface area contributed by atoms with Crippen LogP contribution in [0.3, 0.4) is 0 Å². The fourth-order valence-corrected chi connectivity index (χ4v) is 2.02. The Morgan fingerprint density at radius 3 is 2.86 bits per heavy atom. The normalized spacial score (nSPS) is 13.7. The number of hydrogen-bond acceptors (Lipinski definition) is 5. The van der Waals surface area contributed by atoms with Crippen molar-refractivity contribution in [2.24, 2.45) is 0 Å². The minimum Gasteiger partial charge on any atom is -0.506 e. The van der Waals surface area contributed by atoms with Crippen molar-refractivity contribution in [3.63, 3.8) is 0 Å². The molecule has 0 bridgehead atoms. The zero-order valence-corrected chi connectivity index (χ0v) is 12.9. The van der Waals surface area contributed by atoms with Crippen LogP contribution in [0.25, 0.3) is 0 Å². The smallest absolute Gasteiger partial charge is 0.407 e. The van der Waals surface area contributed by atoms with Gasteiger partial charge in [0, 0.05) is 6.54 Å². The number of amides is 2. The molecule has 3 N–H and O–H groups in total. The first-order valence-electron chi connectivity index (χ1n) is 7.00. The first-order valence-corrected chi connectivity index (χ1v) is 7.00. The molecular formula is C15H20N2O5.